The third-order valence-electron chi connectivity index (χ3n) is 6.10. The van der Waals surface area contributed by atoms with Crippen molar-refractivity contribution in [3.8, 4) is 5.75 Å². The largest absolute Gasteiger partial charge is 0.493 e. The van der Waals surface area contributed by atoms with Crippen LogP contribution in [0.5, 0.6) is 5.75 Å². The first kappa shape index (κ1) is 22.0. The Morgan fingerprint density at radius 2 is 1.74 bits per heavy atom. The van der Waals surface area contributed by atoms with Crippen LogP contribution in [-0.2, 0) is 18.4 Å². The highest BCUT2D eigenvalue weighted by atomic mass is 32.1. The normalized spacial score (nSPS) is 19.8. The average molecular weight is 437 g/mol. The van der Waals surface area contributed by atoms with E-state index in [1.54, 1.807) is 11.3 Å². The zero-order chi connectivity index (χ0) is 21.5. The summed E-state index contributed by atoms with van der Waals surface area (Å²) in [6, 6.07) is 20.5. The molecule has 1 atom stereocenters. The molecule has 31 heavy (non-hydrogen) atoms. The maximum Gasteiger partial charge on any atom is 0.125 e. The molecule has 0 aliphatic carbocycles. The molecule has 0 amide bonds. The lowest BCUT2D eigenvalue weighted by molar-refractivity contribution is 0.0209. The van der Waals surface area contributed by atoms with Crippen molar-refractivity contribution >= 4 is 11.3 Å². The quantitative estimate of drug-likeness (QED) is 0.540. The molecule has 2 heterocycles. The Kier molecular flexibility index (Phi) is 7.38. The summed E-state index contributed by atoms with van der Waals surface area (Å²) in [5.74, 6) is 0.892. The SMILES string of the molecule is Cc1nc([C@]2(O)CCCN(CCc3ccccc3)CC2)sc1CCOc1ccccc1. The monoisotopic (exact) mass is 436 g/mol. The minimum atomic E-state index is -0.810. The summed E-state index contributed by atoms with van der Waals surface area (Å²) in [7, 11) is 0. The lowest BCUT2D eigenvalue weighted by atomic mass is 9.96. The molecule has 0 unspecified atom stereocenters. The average Bonchev–Trinajstić information content (AvgIpc) is 3.06. The standard InChI is InChI=1S/C26H32N2O2S/c1-21-24(14-20-30-23-11-6-3-7-12-23)31-25(27-21)26(29)15-8-17-28(19-16-26)18-13-22-9-4-2-5-10-22/h2-7,9-12,29H,8,13-20H2,1H3/t26-/m0/s1. The van der Waals surface area contributed by atoms with E-state index in [1.165, 1.54) is 10.4 Å². The summed E-state index contributed by atoms with van der Waals surface area (Å²) in [5, 5.41) is 12.3. The zero-order valence-electron chi connectivity index (χ0n) is 18.3. The van der Waals surface area contributed by atoms with Gasteiger partial charge in [-0.15, -0.1) is 11.3 Å². The summed E-state index contributed by atoms with van der Waals surface area (Å²) >= 11 is 1.66. The molecule has 1 fully saturated rings. The van der Waals surface area contributed by atoms with E-state index in [9.17, 15) is 5.11 Å². The summed E-state index contributed by atoms with van der Waals surface area (Å²) in [4.78, 5) is 8.49. The summed E-state index contributed by atoms with van der Waals surface area (Å²) in [6.07, 6.45) is 4.39. The predicted molar refractivity (Wildman–Crippen MR) is 127 cm³/mol. The smallest absolute Gasteiger partial charge is 0.125 e. The second-order valence-corrected chi connectivity index (χ2v) is 9.49. The van der Waals surface area contributed by atoms with Crippen molar-refractivity contribution in [2.45, 2.75) is 44.6 Å². The maximum atomic E-state index is 11.5. The maximum absolute atomic E-state index is 11.5. The molecular weight excluding hydrogens is 404 g/mol. The van der Waals surface area contributed by atoms with Crippen LogP contribution in [0.1, 0.15) is 40.4 Å². The first-order valence-corrected chi connectivity index (χ1v) is 12.1. The first-order valence-electron chi connectivity index (χ1n) is 11.3. The number of rotatable bonds is 8. The topological polar surface area (TPSA) is 45.6 Å². The van der Waals surface area contributed by atoms with Gasteiger partial charge in [-0.3, -0.25) is 0 Å². The second-order valence-electron chi connectivity index (χ2n) is 8.40. The van der Waals surface area contributed by atoms with Gasteiger partial charge >= 0.3 is 0 Å². The highest BCUT2D eigenvalue weighted by Crippen LogP contribution is 2.36. The Bertz CT molecular complexity index is 945. The molecule has 2 aromatic carbocycles. The highest BCUT2D eigenvalue weighted by molar-refractivity contribution is 7.11. The first-order chi connectivity index (χ1) is 15.1. The van der Waals surface area contributed by atoms with E-state index in [0.29, 0.717) is 6.61 Å². The summed E-state index contributed by atoms with van der Waals surface area (Å²) in [5.41, 5.74) is 1.59. The number of aromatic nitrogens is 1. The summed E-state index contributed by atoms with van der Waals surface area (Å²) < 4.78 is 5.85. The molecule has 3 aromatic rings. The molecule has 4 rings (SSSR count). The van der Waals surface area contributed by atoms with Gasteiger partial charge in [0, 0.05) is 24.4 Å². The number of thiazole rings is 1. The number of aryl methyl sites for hydroxylation is 1. The molecule has 1 aromatic heterocycles. The van der Waals surface area contributed by atoms with Gasteiger partial charge in [0.1, 0.15) is 16.4 Å². The Morgan fingerprint density at radius 3 is 2.52 bits per heavy atom. The minimum Gasteiger partial charge on any atom is -0.493 e. The molecule has 0 bridgehead atoms. The van der Waals surface area contributed by atoms with Crippen molar-refractivity contribution in [1.82, 2.24) is 9.88 Å². The van der Waals surface area contributed by atoms with Crippen molar-refractivity contribution in [2.75, 3.05) is 26.2 Å². The van der Waals surface area contributed by atoms with Gasteiger partial charge < -0.3 is 14.7 Å². The zero-order valence-corrected chi connectivity index (χ0v) is 19.1. The van der Waals surface area contributed by atoms with Crippen LogP contribution in [0.4, 0.5) is 0 Å². The van der Waals surface area contributed by atoms with Gasteiger partial charge in [-0.2, -0.15) is 0 Å². The van der Waals surface area contributed by atoms with Gasteiger partial charge in [-0.25, -0.2) is 4.98 Å². The van der Waals surface area contributed by atoms with E-state index in [2.05, 4.69) is 35.2 Å². The Labute approximate surface area is 189 Å². The fraction of sp³-hybridized carbons (Fsp3) is 0.423. The highest BCUT2D eigenvalue weighted by Gasteiger charge is 2.35. The Hall–Kier alpha value is -2.21. The van der Waals surface area contributed by atoms with Crippen LogP contribution >= 0.6 is 11.3 Å². The van der Waals surface area contributed by atoms with Crippen LogP contribution < -0.4 is 4.74 Å². The molecule has 0 spiro atoms. The van der Waals surface area contributed by atoms with Gasteiger partial charge in [-0.1, -0.05) is 48.5 Å². The van der Waals surface area contributed by atoms with Crippen LogP contribution in [-0.4, -0.2) is 41.2 Å². The number of hydrogen-bond acceptors (Lipinski definition) is 5. The van der Waals surface area contributed by atoms with Gasteiger partial charge in [0.05, 0.1) is 12.3 Å². The number of para-hydroxylation sites is 1. The number of aliphatic hydroxyl groups is 1. The van der Waals surface area contributed by atoms with E-state index in [1.807, 2.05) is 37.3 Å². The third kappa shape index (κ3) is 5.94. The number of ether oxygens (including phenoxy) is 1. The van der Waals surface area contributed by atoms with Crippen molar-refractivity contribution in [1.29, 1.82) is 0 Å². The molecule has 1 N–H and O–H groups in total. The molecule has 4 nitrogen and oxygen atoms in total. The number of likely N-dealkylation sites (tertiary alicyclic amines) is 1. The van der Waals surface area contributed by atoms with Gasteiger partial charge in [0.15, 0.2) is 0 Å². The van der Waals surface area contributed by atoms with Gasteiger partial charge in [-0.05, 0) is 56.8 Å². The fourth-order valence-corrected chi connectivity index (χ4v) is 5.37. The lowest BCUT2D eigenvalue weighted by Crippen LogP contribution is -2.30. The molecular formula is C26H32N2O2S. The minimum absolute atomic E-state index is 0.623. The van der Waals surface area contributed by atoms with Crippen LogP contribution in [0.15, 0.2) is 60.7 Å². The van der Waals surface area contributed by atoms with E-state index in [4.69, 9.17) is 9.72 Å². The number of hydrogen-bond donors (Lipinski definition) is 1. The molecule has 0 saturated carbocycles. The number of benzene rings is 2. The molecule has 5 heteroatoms. The van der Waals surface area contributed by atoms with Gasteiger partial charge in [0.25, 0.3) is 0 Å². The molecule has 164 valence electrons. The molecule has 1 aliphatic rings. The van der Waals surface area contributed by atoms with E-state index in [-0.39, 0.29) is 0 Å². The van der Waals surface area contributed by atoms with Crippen molar-refractivity contribution in [3.63, 3.8) is 0 Å². The van der Waals surface area contributed by atoms with E-state index in [0.717, 1.165) is 68.2 Å². The fourth-order valence-electron chi connectivity index (χ4n) is 4.18. The van der Waals surface area contributed by atoms with Crippen LogP contribution in [0.25, 0.3) is 0 Å². The molecule has 1 aliphatic heterocycles. The van der Waals surface area contributed by atoms with E-state index >= 15 is 0 Å². The van der Waals surface area contributed by atoms with Crippen molar-refractivity contribution in [2.24, 2.45) is 0 Å². The van der Waals surface area contributed by atoms with Gasteiger partial charge in [0.2, 0.25) is 0 Å². The second kappa shape index (κ2) is 10.4. The molecule has 0 radical (unpaired) electrons. The number of nitrogens with zero attached hydrogens (tertiary/aromatic N) is 2. The van der Waals surface area contributed by atoms with Crippen LogP contribution in [0, 0.1) is 6.92 Å². The lowest BCUT2D eigenvalue weighted by Gasteiger charge is -2.24. The van der Waals surface area contributed by atoms with Crippen molar-refractivity contribution in [3.05, 3.63) is 81.8 Å². The molecule has 1 saturated heterocycles. The summed E-state index contributed by atoms with van der Waals surface area (Å²) in [6.45, 7) is 5.66. The predicted octanol–water partition coefficient (Wildman–Crippen LogP) is 4.99. The third-order valence-corrected chi connectivity index (χ3v) is 7.51. The van der Waals surface area contributed by atoms with Crippen molar-refractivity contribution < 1.29 is 9.84 Å². The van der Waals surface area contributed by atoms with E-state index < -0.39 is 5.60 Å². The van der Waals surface area contributed by atoms with Crippen LogP contribution in [0.2, 0.25) is 0 Å². The van der Waals surface area contributed by atoms with Crippen LogP contribution in [0.3, 0.4) is 0 Å². The Morgan fingerprint density at radius 1 is 1.00 bits per heavy atom. The Balaban J connectivity index is 1.32.